The maximum atomic E-state index is 12.3. The number of carbonyl (C=O) groups excluding carboxylic acids is 2. The summed E-state index contributed by atoms with van der Waals surface area (Å²) >= 11 is 0. The summed E-state index contributed by atoms with van der Waals surface area (Å²) in [6, 6.07) is 18.0. The van der Waals surface area contributed by atoms with Crippen LogP contribution < -0.4 is 10.6 Å². The number of aryl methyl sites for hydroxylation is 2. The van der Waals surface area contributed by atoms with E-state index in [1.54, 1.807) is 0 Å². The van der Waals surface area contributed by atoms with Crippen LogP contribution in [0, 0.1) is 0 Å². The summed E-state index contributed by atoms with van der Waals surface area (Å²) in [6.45, 7) is 3.45. The van der Waals surface area contributed by atoms with Gasteiger partial charge >= 0.3 is 6.03 Å². The molecule has 5 nitrogen and oxygen atoms in total. The van der Waals surface area contributed by atoms with Gasteiger partial charge in [-0.05, 0) is 48.9 Å². The fourth-order valence-electron chi connectivity index (χ4n) is 3.45. The molecule has 0 radical (unpaired) electrons. The second kappa shape index (κ2) is 9.93. The lowest BCUT2D eigenvalue weighted by molar-refractivity contribution is -0.122. The lowest BCUT2D eigenvalue weighted by atomic mass is 10.0. The largest absolute Gasteiger partial charge is 0.353 e. The zero-order valence-electron chi connectivity index (χ0n) is 16.5. The second-order valence-corrected chi connectivity index (χ2v) is 7.30. The molecule has 3 amide bonds. The lowest BCUT2D eigenvalue weighted by Gasteiger charge is -2.32. The molecule has 0 spiro atoms. The minimum atomic E-state index is -0.0773. The molecule has 1 aliphatic heterocycles. The average molecular weight is 380 g/mol. The van der Waals surface area contributed by atoms with E-state index >= 15 is 0 Å². The molecule has 0 saturated carbocycles. The number of anilines is 1. The second-order valence-electron chi connectivity index (χ2n) is 7.30. The summed E-state index contributed by atoms with van der Waals surface area (Å²) in [5.41, 5.74) is 3.31. The van der Waals surface area contributed by atoms with Crippen LogP contribution in [0.25, 0.3) is 0 Å². The molecule has 3 rings (SSSR count). The Balaban J connectivity index is 1.37. The van der Waals surface area contributed by atoms with Gasteiger partial charge in [0, 0.05) is 31.2 Å². The summed E-state index contributed by atoms with van der Waals surface area (Å²) < 4.78 is 0. The van der Waals surface area contributed by atoms with Gasteiger partial charge in [0.2, 0.25) is 5.91 Å². The molecule has 0 unspecified atom stereocenters. The summed E-state index contributed by atoms with van der Waals surface area (Å²) in [7, 11) is 0. The minimum absolute atomic E-state index is 0.0773. The summed E-state index contributed by atoms with van der Waals surface area (Å²) in [5, 5.41) is 6.04. The molecule has 1 aliphatic rings. The van der Waals surface area contributed by atoms with Crippen molar-refractivity contribution < 1.29 is 9.59 Å². The van der Waals surface area contributed by atoms with Crippen LogP contribution in [0.1, 0.15) is 37.3 Å². The van der Waals surface area contributed by atoms with Crippen LogP contribution in [0.15, 0.2) is 54.6 Å². The van der Waals surface area contributed by atoms with Gasteiger partial charge in [-0.1, -0.05) is 49.4 Å². The maximum Gasteiger partial charge on any atom is 0.321 e. The first-order valence-electron chi connectivity index (χ1n) is 10.1. The first kappa shape index (κ1) is 19.9. The molecular formula is C23H29N3O2. The van der Waals surface area contributed by atoms with Gasteiger partial charge in [-0.3, -0.25) is 4.79 Å². The Kier molecular flexibility index (Phi) is 7.06. The zero-order chi connectivity index (χ0) is 19.8. The van der Waals surface area contributed by atoms with E-state index < -0.39 is 0 Å². The van der Waals surface area contributed by atoms with Crippen molar-refractivity contribution >= 4 is 17.6 Å². The molecule has 148 valence electrons. The Bertz CT molecular complexity index is 766. The Labute approximate surface area is 167 Å². The first-order chi connectivity index (χ1) is 13.6. The van der Waals surface area contributed by atoms with E-state index in [4.69, 9.17) is 0 Å². The fraction of sp³-hybridized carbons (Fsp3) is 0.391. The number of para-hydroxylation sites is 1. The van der Waals surface area contributed by atoms with E-state index in [0.717, 1.165) is 31.4 Å². The maximum absolute atomic E-state index is 12.3. The van der Waals surface area contributed by atoms with Crippen LogP contribution in [0.2, 0.25) is 0 Å². The monoisotopic (exact) mass is 379 g/mol. The van der Waals surface area contributed by atoms with Crippen LogP contribution >= 0.6 is 0 Å². The van der Waals surface area contributed by atoms with Crippen molar-refractivity contribution in [1.29, 1.82) is 0 Å². The number of nitrogens with one attached hydrogen (secondary N) is 2. The highest BCUT2D eigenvalue weighted by molar-refractivity contribution is 5.89. The summed E-state index contributed by atoms with van der Waals surface area (Å²) in [6.07, 6.45) is 3.87. The van der Waals surface area contributed by atoms with E-state index in [9.17, 15) is 9.59 Å². The third-order valence-electron chi connectivity index (χ3n) is 5.24. The Morgan fingerprint density at radius 2 is 1.61 bits per heavy atom. The molecule has 2 aromatic rings. The number of urea groups is 1. The number of carbonyl (C=O) groups is 2. The SMILES string of the molecule is CCc1ccc(CCC(=O)NC2CCN(C(=O)Nc3ccccc3)CC2)cc1. The lowest BCUT2D eigenvalue weighted by Crippen LogP contribution is -2.47. The van der Waals surface area contributed by atoms with Crippen LogP contribution in [0.4, 0.5) is 10.5 Å². The van der Waals surface area contributed by atoms with E-state index in [1.165, 1.54) is 11.1 Å². The smallest absolute Gasteiger partial charge is 0.321 e. The highest BCUT2D eigenvalue weighted by atomic mass is 16.2. The van der Waals surface area contributed by atoms with Crippen molar-refractivity contribution in [3.05, 3.63) is 65.7 Å². The third-order valence-corrected chi connectivity index (χ3v) is 5.24. The van der Waals surface area contributed by atoms with Gasteiger partial charge in [0.15, 0.2) is 0 Å². The predicted octanol–water partition coefficient (Wildman–Crippen LogP) is 3.99. The van der Waals surface area contributed by atoms with E-state index in [-0.39, 0.29) is 18.0 Å². The van der Waals surface area contributed by atoms with Crippen LogP contribution in [-0.2, 0) is 17.6 Å². The molecule has 1 fully saturated rings. The molecule has 1 saturated heterocycles. The van der Waals surface area contributed by atoms with E-state index in [0.29, 0.717) is 19.5 Å². The molecular weight excluding hydrogens is 350 g/mol. The number of hydrogen-bond donors (Lipinski definition) is 2. The number of likely N-dealkylation sites (tertiary alicyclic amines) is 1. The van der Waals surface area contributed by atoms with Gasteiger partial charge in [-0.2, -0.15) is 0 Å². The van der Waals surface area contributed by atoms with Gasteiger partial charge < -0.3 is 15.5 Å². The van der Waals surface area contributed by atoms with Gasteiger partial charge in [0.1, 0.15) is 0 Å². The highest BCUT2D eigenvalue weighted by Gasteiger charge is 2.23. The topological polar surface area (TPSA) is 61.4 Å². The van der Waals surface area contributed by atoms with Gasteiger partial charge in [-0.25, -0.2) is 4.79 Å². The van der Waals surface area contributed by atoms with Crippen molar-refractivity contribution in [3.63, 3.8) is 0 Å². The third kappa shape index (κ3) is 5.84. The van der Waals surface area contributed by atoms with Crippen LogP contribution in [-0.4, -0.2) is 36.0 Å². The quantitative estimate of drug-likeness (QED) is 0.797. The van der Waals surface area contributed by atoms with Crippen molar-refractivity contribution in [1.82, 2.24) is 10.2 Å². The Morgan fingerprint density at radius 3 is 2.25 bits per heavy atom. The van der Waals surface area contributed by atoms with Crippen molar-refractivity contribution in [2.75, 3.05) is 18.4 Å². The molecule has 1 heterocycles. The van der Waals surface area contributed by atoms with Crippen molar-refractivity contribution in [2.24, 2.45) is 0 Å². The normalized spacial score (nSPS) is 14.5. The van der Waals surface area contributed by atoms with Crippen LogP contribution in [0.3, 0.4) is 0 Å². The number of amides is 3. The molecule has 0 aliphatic carbocycles. The minimum Gasteiger partial charge on any atom is -0.353 e. The van der Waals surface area contributed by atoms with Gasteiger partial charge in [0.05, 0.1) is 0 Å². The fourth-order valence-corrected chi connectivity index (χ4v) is 3.45. The molecule has 0 atom stereocenters. The number of hydrogen-bond acceptors (Lipinski definition) is 2. The Hall–Kier alpha value is -2.82. The standard InChI is InChI=1S/C23H29N3O2/c1-2-18-8-10-19(11-9-18)12-13-22(27)24-21-14-16-26(17-15-21)23(28)25-20-6-4-3-5-7-20/h3-11,21H,2,12-17H2,1H3,(H,24,27)(H,25,28). The molecule has 2 aromatic carbocycles. The highest BCUT2D eigenvalue weighted by Crippen LogP contribution is 2.14. The van der Waals surface area contributed by atoms with Gasteiger partial charge in [0.25, 0.3) is 0 Å². The number of benzene rings is 2. The summed E-state index contributed by atoms with van der Waals surface area (Å²) in [5.74, 6) is 0.0896. The van der Waals surface area contributed by atoms with Crippen LogP contribution in [0.5, 0.6) is 0 Å². The number of piperidine rings is 1. The average Bonchev–Trinajstić information content (AvgIpc) is 2.74. The number of rotatable bonds is 6. The first-order valence-corrected chi connectivity index (χ1v) is 10.1. The summed E-state index contributed by atoms with van der Waals surface area (Å²) in [4.78, 5) is 26.4. The van der Waals surface area contributed by atoms with Crippen molar-refractivity contribution in [2.45, 2.75) is 45.1 Å². The van der Waals surface area contributed by atoms with Crippen molar-refractivity contribution in [3.8, 4) is 0 Å². The van der Waals surface area contributed by atoms with E-state index in [1.807, 2.05) is 35.2 Å². The Morgan fingerprint density at radius 1 is 0.964 bits per heavy atom. The van der Waals surface area contributed by atoms with Gasteiger partial charge in [-0.15, -0.1) is 0 Å². The molecule has 28 heavy (non-hydrogen) atoms. The molecule has 2 N–H and O–H groups in total. The molecule has 0 aromatic heterocycles. The molecule has 0 bridgehead atoms. The number of nitrogens with zero attached hydrogens (tertiary/aromatic N) is 1. The zero-order valence-corrected chi connectivity index (χ0v) is 16.5. The van der Waals surface area contributed by atoms with E-state index in [2.05, 4.69) is 41.8 Å². The molecule has 5 heteroatoms. The predicted molar refractivity (Wildman–Crippen MR) is 112 cm³/mol.